The fourth-order valence-electron chi connectivity index (χ4n) is 4.08. The summed E-state index contributed by atoms with van der Waals surface area (Å²) in [5, 5.41) is 0.821. The van der Waals surface area contributed by atoms with Crippen molar-refractivity contribution in [2.45, 2.75) is 25.3 Å². The molecule has 0 N–H and O–H groups in total. The highest BCUT2D eigenvalue weighted by Crippen LogP contribution is 2.27. The molecule has 7 nitrogen and oxygen atoms in total. The number of carbonyl (C=O) groups is 1. The van der Waals surface area contributed by atoms with Gasteiger partial charge in [-0.15, -0.1) is 0 Å². The average molecular weight is 454 g/mol. The number of methoxy groups -OCH3 is 1. The van der Waals surface area contributed by atoms with Crippen LogP contribution < -0.4 is 4.74 Å². The molecule has 2 heterocycles. The molecular formula is C24H27N3O4S. The second-order valence-electron chi connectivity index (χ2n) is 8.10. The SMILES string of the molecule is COc1ccc(C(C)=O)cc1CN1CCN(S(=O)(=O)c2cccc3cc(C)cnc23)CC1. The zero-order valence-electron chi connectivity index (χ0n) is 18.5. The molecule has 1 aliphatic heterocycles. The summed E-state index contributed by atoms with van der Waals surface area (Å²) in [5.74, 6) is 0.728. The van der Waals surface area contributed by atoms with E-state index in [1.807, 2.05) is 31.2 Å². The minimum absolute atomic E-state index is 0.00343. The van der Waals surface area contributed by atoms with Gasteiger partial charge in [0.15, 0.2) is 5.78 Å². The summed E-state index contributed by atoms with van der Waals surface area (Å²) in [5.41, 5.74) is 3.06. The van der Waals surface area contributed by atoms with Crippen molar-refractivity contribution in [2.24, 2.45) is 0 Å². The Bertz CT molecular complexity index is 1270. The van der Waals surface area contributed by atoms with Crippen molar-refractivity contribution < 1.29 is 17.9 Å². The van der Waals surface area contributed by atoms with E-state index >= 15 is 0 Å². The predicted octanol–water partition coefficient (Wildman–Crippen LogP) is 3.26. The molecule has 0 atom stereocenters. The summed E-state index contributed by atoms with van der Waals surface area (Å²) < 4.78 is 33.7. The smallest absolute Gasteiger partial charge is 0.245 e. The average Bonchev–Trinajstić information content (AvgIpc) is 2.78. The summed E-state index contributed by atoms with van der Waals surface area (Å²) in [7, 11) is -2.05. The molecule has 1 saturated heterocycles. The molecule has 0 radical (unpaired) electrons. The van der Waals surface area contributed by atoms with Crippen LogP contribution in [0.3, 0.4) is 0 Å². The lowest BCUT2D eigenvalue weighted by molar-refractivity contribution is 0.101. The molecular weight excluding hydrogens is 426 g/mol. The van der Waals surface area contributed by atoms with E-state index in [0.717, 1.165) is 22.3 Å². The molecule has 0 unspecified atom stereocenters. The van der Waals surface area contributed by atoms with E-state index in [1.54, 1.807) is 38.4 Å². The Hall–Kier alpha value is -2.81. The number of sulfonamides is 1. The van der Waals surface area contributed by atoms with E-state index in [2.05, 4.69) is 9.88 Å². The number of ketones is 1. The highest BCUT2D eigenvalue weighted by Gasteiger charge is 2.30. The lowest BCUT2D eigenvalue weighted by Gasteiger charge is -2.34. The number of Topliss-reactive ketones (excluding diaryl/α,β-unsaturated/α-hetero) is 1. The number of piperazine rings is 1. The Kier molecular flexibility index (Phi) is 6.28. The van der Waals surface area contributed by atoms with Crippen molar-refractivity contribution in [1.82, 2.24) is 14.2 Å². The third-order valence-electron chi connectivity index (χ3n) is 5.84. The number of aryl methyl sites for hydroxylation is 1. The van der Waals surface area contributed by atoms with Gasteiger partial charge in [-0.05, 0) is 49.7 Å². The molecule has 0 aliphatic carbocycles. The number of ether oxygens (including phenoxy) is 1. The third-order valence-corrected chi connectivity index (χ3v) is 7.77. The van der Waals surface area contributed by atoms with Crippen molar-refractivity contribution in [3.05, 3.63) is 65.4 Å². The van der Waals surface area contributed by atoms with Crippen LogP contribution in [0, 0.1) is 6.92 Å². The number of carbonyl (C=O) groups excluding carboxylic acids is 1. The maximum absolute atomic E-state index is 13.4. The first-order valence-corrected chi connectivity index (χ1v) is 12.0. The molecule has 0 amide bonds. The number of hydrogen-bond donors (Lipinski definition) is 0. The molecule has 8 heteroatoms. The van der Waals surface area contributed by atoms with E-state index in [4.69, 9.17) is 4.74 Å². The van der Waals surface area contributed by atoms with E-state index in [0.29, 0.717) is 43.8 Å². The summed E-state index contributed by atoms with van der Waals surface area (Å²) in [6, 6.07) is 12.6. The van der Waals surface area contributed by atoms with Crippen molar-refractivity contribution >= 4 is 26.7 Å². The maximum atomic E-state index is 13.4. The van der Waals surface area contributed by atoms with Gasteiger partial charge in [-0.25, -0.2) is 8.42 Å². The van der Waals surface area contributed by atoms with Gasteiger partial charge in [0.05, 0.1) is 12.6 Å². The second-order valence-corrected chi connectivity index (χ2v) is 10.0. The standard InChI is InChI=1S/C24H27N3O4S/c1-17-13-20-5-4-6-23(24(20)25-15-17)32(29,30)27-11-9-26(10-12-27)16-21-14-19(18(2)28)7-8-22(21)31-3/h4-8,13-15H,9-12,16H2,1-3H3. The van der Waals surface area contributed by atoms with Crippen molar-refractivity contribution in [2.75, 3.05) is 33.3 Å². The number of fused-ring (bicyclic) bond motifs is 1. The van der Waals surface area contributed by atoms with Gasteiger partial charge in [-0.2, -0.15) is 4.31 Å². The summed E-state index contributed by atoms with van der Waals surface area (Å²) in [4.78, 5) is 18.6. The van der Waals surface area contributed by atoms with Gasteiger partial charge in [0, 0.05) is 55.4 Å². The monoisotopic (exact) mass is 453 g/mol. The molecule has 1 aliphatic rings. The van der Waals surface area contributed by atoms with Crippen LogP contribution in [-0.2, 0) is 16.6 Å². The summed E-state index contributed by atoms with van der Waals surface area (Å²) in [6.45, 7) is 6.02. The number of benzene rings is 2. The molecule has 0 saturated carbocycles. The minimum atomic E-state index is -3.65. The topological polar surface area (TPSA) is 79.8 Å². The van der Waals surface area contributed by atoms with Crippen LogP contribution in [0.15, 0.2) is 53.6 Å². The van der Waals surface area contributed by atoms with Crippen LogP contribution in [0.1, 0.15) is 28.4 Å². The van der Waals surface area contributed by atoms with Crippen molar-refractivity contribution in [3.63, 3.8) is 0 Å². The lowest BCUT2D eigenvalue weighted by atomic mass is 10.1. The van der Waals surface area contributed by atoms with E-state index in [-0.39, 0.29) is 10.7 Å². The van der Waals surface area contributed by atoms with Crippen LogP contribution in [0.2, 0.25) is 0 Å². The Morgan fingerprint density at radius 2 is 1.84 bits per heavy atom. The van der Waals surface area contributed by atoms with Gasteiger partial charge in [0.25, 0.3) is 0 Å². The molecule has 32 heavy (non-hydrogen) atoms. The predicted molar refractivity (Wildman–Crippen MR) is 124 cm³/mol. The molecule has 0 bridgehead atoms. The Morgan fingerprint density at radius 1 is 1.09 bits per heavy atom. The van der Waals surface area contributed by atoms with E-state index in [1.165, 1.54) is 4.31 Å². The first-order valence-electron chi connectivity index (χ1n) is 10.6. The maximum Gasteiger partial charge on any atom is 0.245 e. The second kappa shape index (κ2) is 8.97. The summed E-state index contributed by atoms with van der Waals surface area (Å²) >= 11 is 0. The fourth-order valence-corrected chi connectivity index (χ4v) is 5.67. The highest BCUT2D eigenvalue weighted by atomic mass is 32.2. The van der Waals surface area contributed by atoms with Crippen LogP contribution in [0.5, 0.6) is 5.75 Å². The minimum Gasteiger partial charge on any atom is -0.496 e. The Balaban J connectivity index is 1.51. The molecule has 1 fully saturated rings. The number of aromatic nitrogens is 1. The molecule has 0 spiro atoms. The van der Waals surface area contributed by atoms with Crippen LogP contribution in [0.4, 0.5) is 0 Å². The van der Waals surface area contributed by atoms with Gasteiger partial charge >= 0.3 is 0 Å². The first kappa shape index (κ1) is 22.4. The largest absolute Gasteiger partial charge is 0.496 e. The number of nitrogens with zero attached hydrogens (tertiary/aromatic N) is 3. The van der Waals surface area contributed by atoms with Gasteiger partial charge in [0.2, 0.25) is 10.0 Å². The zero-order chi connectivity index (χ0) is 22.9. The number of rotatable bonds is 6. The van der Waals surface area contributed by atoms with Gasteiger partial charge < -0.3 is 4.74 Å². The lowest BCUT2D eigenvalue weighted by Crippen LogP contribution is -2.48. The first-order chi connectivity index (χ1) is 15.3. The number of pyridine rings is 1. The normalized spacial score (nSPS) is 15.7. The van der Waals surface area contributed by atoms with Crippen LogP contribution >= 0.6 is 0 Å². The number of hydrogen-bond acceptors (Lipinski definition) is 6. The molecule has 1 aromatic heterocycles. The fraction of sp³-hybridized carbons (Fsp3) is 0.333. The Morgan fingerprint density at radius 3 is 2.53 bits per heavy atom. The summed E-state index contributed by atoms with van der Waals surface area (Å²) in [6.07, 6.45) is 1.70. The third kappa shape index (κ3) is 4.39. The molecule has 2 aromatic carbocycles. The highest BCUT2D eigenvalue weighted by molar-refractivity contribution is 7.89. The number of para-hydroxylation sites is 1. The van der Waals surface area contributed by atoms with E-state index in [9.17, 15) is 13.2 Å². The van der Waals surface area contributed by atoms with Gasteiger partial charge in [-0.3, -0.25) is 14.7 Å². The van der Waals surface area contributed by atoms with Crippen LogP contribution in [0.25, 0.3) is 10.9 Å². The molecule has 3 aromatic rings. The van der Waals surface area contributed by atoms with Crippen LogP contribution in [-0.4, -0.2) is 61.7 Å². The molecule has 4 rings (SSSR count). The van der Waals surface area contributed by atoms with Gasteiger partial charge in [-0.1, -0.05) is 12.1 Å². The van der Waals surface area contributed by atoms with Crippen molar-refractivity contribution in [1.29, 1.82) is 0 Å². The van der Waals surface area contributed by atoms with Gasteiger partial charge in [0.1, 0.15) is 10.6 Å². The Labute approximate surface area is 188 Å². The van der Waals surface area contributed by atoms with E-state index < -0.39 is 10.0 Å². The zero-order valence-corrected chi connectivity index (χ0v) is 19.4. The molecule has 168 valence electrons. The van der Waals surface area contributed by atoms with Crippen molar-refractivity contribution in [3.8, 4) is 5.75 Å². The quantitative estimate of drug-likeness (QED) is 0.533.